The van der Waals surface area contributed by atoms with E-state index < -0.39 is 53.8 Å². The highest BCUT2D eigenvalue weighted by molar-refractivity contribution is 5.93. The third-order valence-electron chi connectivity index (χ3n) is 7.59. The van der Waals surface area contributed by atoms with Gasteiger partial charge in [-0.1, -0.05) is 61.9 Å². The topological polar surface area (TPSA) is 155 Å². The van der Waals surface area contributed by atoms with Gasteiger partial charge >= 0.3 is 12.0 Å². The molecule has 0 saturated heterocycles. The van der Waals surface area contributed by atoms with Gasteiger partial charge in [-0.15, -0.1) is 0 Å². The Morgan fingerprint density at radius 3 is 2.43 bits per heavy atom. The highest BCUT2D eigenvalue weighted by Crippen LogP contribution is 2.12. The van der Waals surface area contributed by atoms with Crippen LogP contribution >= 0.6 is 0 Å². The summed E-state index contributed by atoms with van der Waals surface area (Å²) in [6.45, 7) is 5.82. The van der Waals surface area contributed by atoms with Crippen LogP contribution in [0.1, 0.15) is 49.8 Å². The van der Waals surface area contributed by atoms with E-state index in [0.29, 0.717) is 24.9 Å². The number of esters is 1. The number of ether oxygens (including phenoxy) is 1. The van der Waals surface area contributed by atoms with Crippen LogP contribution in [0.3, 0.4) is 0 Å². The SMILES string of the molecule is COC(=O)[C@@H](NC(=O)N[C@@H](Cc1ccc(C)cc1)C(=O)N[C@H]1CCCCNC(=O)/C=C\[C@H](Cc2cccc(F)c2)NC1=O)C(C)C. The molecule has 0 radical (unpaired) electrons. The Labute approximate surface area is 269 Å². The van der Waals surface area contributed by atoms with E-state index in [1.54, 1.807) is 26.0 Å². The predicted octanol–water partition coefficient (Wildman–Crippen LogP) is 2.61. The molecule has 0 fully saturated rings. The molecule has 1 aliphatic rings. The summed E-state index contributed by atoms with van der Waals surface area (Å²) in [5.74, 6) is -2.70. The second-order valence-electron chi connectivity index (χ2n) is 11.8. The number of halogens is 1. The number of hydrogen-bond acceptors (Lipinski definition) is 6. The molecule has 1 aliphatic heterocycles. The minimum atomic E-state index is -1.09. The number of amides is 5. The first-order chi connectivity index (χ1) is 21.9. The van der Waals surface area contributed by atoms with E-state index in [4.69, 9.17) is 4.74 Å². The summed E-state index contributed by atoms with van der Waals surface area (Å²) in [7, 11) is 1.23. The number of nitrogens with one attached hydrogen (secondary N) is 5. The summed E-state index contributed by atoms with van der Waals surface area (Å²) in [6, 6.07) is 9.03. The minimum absolute atomic E-state index is 0.120. The fourth-order valence-corrected chi connectivity index (χ4v) is 4.99. The minimum Gasteiger partial charge on any atom is -0.467 e. The monoisotopic (exact) mass is 637 g/mol. The quantitative estimate of drug-likeness (QED) is 0.253. The third kappa shape index (κ3) is 11.6. The van der Waals surface area contributed by atoms with E-state index in [2.05, 4.69) is 26.6 Å². The maximum Gasteiger partial charge on any atom is 0.328 e. The first-order valence-electron chi connectivity index (χ1n) is 15.5. The van der Waals surface area contributed by atoms with Gasteiger partial charge in [-0.25, -0.2) is 14.0 Å². The molecule has 0 unspecified atom stereocenters. The van der Waals surface area contributed by atoms with Crippen molar-refractivity contribution in [2.45, 2.75) is 77.0 Å². The zero-order chi connectivity index (χ0) is 33.6. The van der Waals surface area contributed by atoms with E-state index >= 15 is 0 Å². The van der Waals surface area contributed by atoms with E-state index in [-0.39, 0.29) is 31.1 Å². The van der Waals surface area contributed by atoms with Gasteiger partial charge in [0.15, 0.2) is 0 Å². The fraction of sp³-hybridized carbons (Fsp3) is 0.441. The van der Waals surface area contributed by atoms with Gasteiger partial charge < -0.3 is 31.3 Å². The lowest BCUT2D eigenvalue weighted by molar-refractivity contribution is -0.144. The standard InChI is InChI=1S/C34H44FN5O6/c1-21(2)30(33(44)46-4)40-34(45)39-28(20-23-13-11-22(3)12-14-23)32(43)38-27-10-5-6-17-36-29(41)16-15-26(37-31(27)42)19-24-8-7-9-25(35)18-24/h7-9,11-16,18,21,26-28,30H,5-6,10,17,19-20H2,1-4H3,(H,36,41)(H,37,42)(H,38,43)(H2,39,40,45)/b16-15-/t26-,27+,28+,30+/m1/s1. The van der Waals surface area contributed by atoms with Gasteiger partial charge in [0.2, 0.25) is 17.7 Å². The molecule has 12 heteroatoms. The molecule has 3 rings (SSSR count). The molecule has 4 atom stereocenters. The van der Waals surface area contributed by atoms with Gasteiger partial charge in [-0.3, -0.25) is 14.4 Å². The zero-order valence-corrected chi connectivity index (χ0v) is 26.7. The summed E-state index contributed by atoms with van der Waals surface area (Å²) in [6.07, 6.45) is 4.56. The molecule has 5 amide bonds. The number of urea groups is 1. The van der Waals surface area contributed by atoms with Gasteiger partial charge in [0.25, 0.3) is 0 Å². The van der Waals surface area contributed by atoms with Gasteiger partial charge in [0.1, 0.15) is 23.9 Å². The summed E-state index contributed by atoms with van der Waals surface area (Å²) in [5.41, 5.74) is 2.41. The van der Waals surface area contributed by atoms with E-state index in [9.17, 15) is 28.4 Å². The van der Waals surface area contributed by atoms with Gasteiger partial charge in [0, 0.05) is 19.0 Å². The Morgan fingerprint density at radius 1 is 1.02 bits per heavy atom. The second-order valence-corrected chi connectivity index (χ2v) is 11.8. The summed E-state index contributed by atoms with van der Waals surface area (Å²) in [4.78, 5) is 64.9. The normalized spacial score (nSPS) is 19.3. The molecule has 0 spiro atoms. The molecule has 2 aromatic rings. The maximum atomic E-state index is 13.9. The van der Waals surface area contributed by atoms with Crippen molar-refractivity contribution in [2.75, 3.05) is 13.7 Å². The largest absolute Gasteiger partial charge is 0.467 e. The lowest BCUT2D eigenvalue weighted by Crippen LogP contribution is -2.58. The first-order valence-corrected chi connectivity index (χ1v) is 15.5. The molecule has 5 N–H and O–H groups in total. The van der Waals surface area contributed by atoms with Crippen molar-refractivity contribution < 1.29 is 33.1 Å². The van der Waals surface area contributed by atoms with Gasteiger partial charge in [0.05, 0.1) is 13.2 Å². The highest BCUT2D eigenvalue weighted by atomic mass is 19.1. The van der Waals surface area contributed by atoms with Crippen LogP contribution < -0.4 is 26.6 Å². The molecule has 1 heterocycles. The average molecular weight is 638 g/mol. The van der Waals surface area contributed by atoms with Crippen molar-refractivity contribution in [1.29, 1.82) is 0 Å². The van der Waals surface area contributed by atoms with Crippen molar-refractivity contribution in [2.24, 2.45) is 5.92 Å². The van der Waals surface area contributed by atoms with E-state index in [1.165, 1.54) is 31.4 Å². The predicted molar refractivity (Wildman–Crippen MR) is 171 cm³/mol. The van der Waals surface area contributed by atoms with Crippen LogP contribution in [0.2, 0.25) is 0 Å². The maximum absolute atomic E-state index is 13.9. The van der Waals surface area contributed by atoms with E-state index in [1.807, 2.05) is 31.2 Å². The second kappa shape index (κ2) is 17.7. The zero-order valence-electron chi connectivity index (χ0n) is 26.7. The molecule has 46 heavy (non-hydrogen) atoms. The molecule has 0 aliphatic carbocycles. The third-order valence-corrected chi connectivity index (χ3v) is 7.59. The van der Waals surface area contributed by atoms with Crippen molar-refractivity contribution in [3.05, 3.63) is 83.2 Å². The highest BCUT2D eigenvalue weighted by Gasteiger charge is 2.30. The van der Waals surface area contributed by atoms with Gasteiger partial charge in [-0.05, 0) is 61.8 Å². The Kier molecular flexibility index (Phi) is 13.7. The Hall–Kier alpha value is -4.74. The van der Waals surface area contributed by atoms with Crippen LogP contribution in [0.5, 0.6) is 0 Å². The van der Waals surface area contributed by atoms with Crippen LogP contribution in [-0.2, 0) is 36.8 Å². The first kappa shape index (κ1) is 35.7. The number of carbonyl (C=O) groups is 5. The summed E-state index contributed by atoms with van der Waals surface area (Å²) < 4.78 is 18.7. The lowest BCUT2D eigenvalue weighted by atomic mass is 10.0. The molecule has 248 valence electrons. The van der Waals surface area contributed by atoms with Crippen LogP contribution in [0, 0.1) is 18.7 Å². The lowest BCUT2D eigenvalue weighted by Gasteiger charge is -2.26. The van der Waals surface area contributed by atoms with Crippen LogP contribution in [-0.4, -0.2) is 67.5 Å². The Morgan fingerprint density at radius 2 is 1.76 bits per heavy atom. The average Bonchev–Trinajstić information content (AvgIpc) is 3.01. The Balaban J connectivity index is 1.82. The molecular weight excluding hydrogens is 593 g/mol. The molecule has 0 bridgehead atoms. The molecule has 0 aromatic heterocycles. The fourth-order valence-electron chi connectivity index (χ4n) is 4.99. The van der Waals surface area contributed by atoms with Crippen molar-refractivity contribution in [1.82, 2.24) is 26.6 Å². The summed E-state index contributed by atoms with van der Waals surface area (Å²) in [5, 5.41) is 13.7. The van der Waals surface area contributed by atoms with Crippen LogP contribution in [0.15, 0.2) is 60.7 Å². The number of aryl methyl sites for hydroxylation is 1. The number of rotatable bonds is 10. The molecule has 11 nitrogen and oxygen atoms in total. The van der Waals surface area contributed by atoms with Crippen molar-refractivity contribution >= 4 is 29.7 Å². The van der Waals surface area contributed by atoms with Gasteiger partial charge in [-0.2, -0.15) is 0 Å². The van der Waals surface area contributed by atoms with Crippen molar-refractivity contribution in [3.8, 4) is 0 Å². The molecule has 0 saturated carbocycles. The molecule has 2 aromatic carbocycles. The Bertz CT molecular complexity index is 1400. The number of methoxy groups -OCH3 is 1. The van der Waals surface area contributed by atoms with Crippen LogP contribution in [0.25, 0.3) is 0 Å². The van der Waals surface area contributed by atoms with Crippen molar-refractivity contribution in [3.63, 3.8) is 0 Å². The smallest absolute Gasteiger partial charge is 0.328 e. The summed E-state index contributed by atoms with van der Waals surface area (Å²) >= 11 is 0. The number of benzene rings is 2. The molecular formula is C34H44FN5O6. The van der Waals surface area contributed by atoms with E-state index in [0.717, 1.165) is 11.1 Å². The van der Waals surface area contributed by atoms with Crippen LogP contribution in [0.4, 0.5) is 9.18 Å². The number of hydrogen-bond donors (Lipinski definition) is 5. The number of carbonyl (C=O) groups excluding carboxylic acids is 5.